The first-order valence-corrected chi connectivity index (χ1v) is 10.7. The lowest BCUT2D eigenvalue weighted by atomic mass is 9.99. The first-order chi connectivity index (χ1) is 14.0. The van der Waals surface area contributed by atoms with Gasteiger partial charge >= 0.3 is 5.97 Å². The van der Waals surface area contributed by atoms with Gasteiger partial charge in [-0.15, -0.1) is 0 Å². The summed E-state index contributed by atoms with van der Waals surface area (Å²) in [6.07, 6.45) is 0. The topological polar surface area (TPSA) is 86.7 Å². The maximum absolute atomic E-state index is 13.6. The molecule has 146 valence electrons. The molecule has 3 aromatic rings. The minimum Gasteiger partial charge on any atom is -0.479 e. The van der Waals surface area contributed by atoms with Gasteiger partial charge in [0, 0.05) is 3.57 Å². The van der Waals surface area contributed by atoms with E-state index >= 15 is 0 Å². The maximum atomic E-state index is 13.6. The Morgan fingerprint density at radius 1 is 1.14 bits per heavy atom. The highest BCUT2D eigenvalue weighted by Gasteiger charge is 2.43. The van der Waals surface area contributed by atoms with E-state index in [0.29, 0.717) is 16.8 Å². The number of amides is 2. The van der Waals surface area contributed by atoms with Gasteiger partial charge in [-0.1, -0.05) is 30.3 Å². The maximum Gasteiger partial charge on any atom is 0.331 e. The van der Waals surface area contributed by atoms with Crippen LogP contribution < -0.4 is 5.32 Å². The van der Waals surface area contributed by atoms with Crippen molar-refractivity contribution in [3.63, 3.8) is 0 Å². The standard InChI is InChI=1S/C21H15IN2O4S/c22-14-6-7-16-15(10-14)20(26)24(17(19(25)23-16)13-8-9-29-11-13)18(21(27)28)12-4-2-1-3-5-12/h1-11,17-18H,(H,23,25)(H,27,28). The average molecular weight is 518 g/mol. The molecule has 0 spiro atoms. The molecule has 2 aromatic carbocycles. The molecule has 1 aliphatic rings. The molecule has 2 unspecified atom stereocenters. The number of aliphatic carboxylic acids is 1. The summed E-state index contributed by atoms with van der Waals surface area (Å²) in [5.41, 5.74) is 1.64. The molecule has 0 fully saturated rings. The molecule has 2 amide bonds. The van der Waals surface area contributed by atoms with Crippen molar-refractivity contribution >= 4 is 57.4 Å². The number of nitrogens with one attached hydrogen (secondary N) is 1. The molecule has 0 saturated carbocycles. The van der Waals surface area contributed by atoms with Crippen LogP contribution in [-0.2, 0) is 9.59 Å². The number of carbonyl (C=O) groups excluding carboxylic acids is 2. The van der Waals surface area contributed by atoms with E-state index in [4.69, 9.17) is 0 Å². The number of carboxylic acids is 1. The third kappa shape index (κ3) is 3.65. The third-order valence-electron chi connectivity index (χ3n) is 4.72. The van der Waals surface area contributed by atoms with E-state index in [-0.39, 0.29) is 5.56 Å². The van der Waals surface area contributed by atoms with Crippen LogP contribution in [0, 0.1) is 3.57 Å². The van der Waals surface area contributed by atoms with Gasteiger partial charge in [0.05, 0.1) is 11.3 Å². The Kier molecular flexibility index (Phi) is 5.37. The zero-order valence-corrected chi connectivity index (χ0v) is 17.9. The first kappa shape index (κ1) is 19.6. The van der Waals surface area contributed by atoms with E-state index in [9.17, 15) is 19.5 Å². The molecule has 2 atom stereocenters. The molecule has 1 aromatic heterocycles. The van der Waals surface area contributed by atoms with Gasteiger partial charge in [-0.3, -0.25) is 9.59 Å². The van der Waals surface area contributed by atoms with Crippen molar-refractivity contribution in [2.75, 3.05) is 5.32 Å². The van der Waals surface area contributed by atoms with Crippen molar-refractivity contribution in [3.05, 3.63) is 85.6 Å². The van der Waals surface area contributed by atoms with Crippen LogP contribution in [0.15, 0.2) is 65.4 Å². The van der Waals surface area contributed by atoms with Gasteiger partial charge in [0.1, 0.15) is 6.04 Å². The predicted molar refractivity (Wildman–Crippen MR) is 118 cm³/mol. The van der Waals surface area contributed by atoms with Crippen LogP contribution in [0.3, 0.4) is 0 Å². The highest BCUT2D eigenvalue weighted by Crippen LogP contribution is 2.38. The molecule has 6 nitrogen and oxygen atoms in total. The summed E-state index contributed by atoms with van der Waals surface area (Å²) in [5, 5.41) is 16.4. The molecule has 0 bridgehead atoms. The number of hydrogen-bond acceptors (Lipinski definition) is 4. The number of anilines is 1. The van der Waals surface area contributed by atoms with Crippen molar-refractivity contribution in [2.45, 2.75) is 12.1 Å². The summed E-state index contributed by atoms with van der Waals surface area (Å²) in [6.45, 7) is 0. The van der Waals surface area contributed by atoms with Gasteiger partial charge in [0.25, 0.3) is 11.8 Å². The Morgan fingerprint density at radius 2 is 1.90 bits per heavy atom. The molecule has 8 heteroatoms. The number of halogens is 1. The van der Waals surface area contributed by atoms with Crippen LogP contribution in [0.2, 0.25) is 0 Å². The SMILES string of the molecule is O=C(O)C(c1ccccc1)N1C(=O)c2cc(I)ccc2NC(=O)C1c1ccsc1. The van der Waals surface area contributed by atoms with Crippen LogP contribution in [0.1, 0.15) is 33.6 Å². The van der Waals surface area contributed by atoms with Crippen molar-refractivity contribution in [3.8, 4) is 0 Å². The fourth-order valence-electron chi connectivity index (χ4n) is 3.45. The Bertz CT molecular complexity index is 1080. The highest BCUT2D eigenvalue weighted by atomic mass is 127. The molecule has 29 heavy (non-hydrogen) atoms. The number of carboxylic acid groups (broad SMARTS) is 1. The lowest BCUT2D eigenvalue weighted by Crippen LogP contribution is -2.44. The fourth-order valence-corrected chi connectivity index (χ4v) is 4.62. The number of rotatable bonds is 4. The van der Waals surface area contributed by atoms with E-state index in [0.717, 1.165) is 3.57 Å². The molecule has 0 aliphatic carbocycles. The molecule has 0 saturated heterocycles. The van der Waals surface area contributed by atoms with Crippen LogP contribution in [0.4, 0.5) is 5.69 Å². The van der Waals surface area contributed by atoms with Gasteiger partial charge in [-0.2, -0.15) is 11.3 Å². The van der Waals surface area contributed by atoms with Crippen molar-refractivity contribution in [2.24, 2.45) is 0 Å². The normalized spacial score (nSPS) is 17.3. The van der Waals surface area contributed by atoms with Gasteiger partial charge in [-0.05, 0) is 68.7 Å². The molecule has 2 heterocycles. The van der Waals surface area contributed by atoms with Crippen LogP contribution in [-0.4, -0.2) is 27.8 Å². The number of carbonyl (C=O) groups is 3. The lowest BCUT2D eigenvalue weighted by molar-refractivity contribution is -0.144. The largest absolute Gasteiger partial charge is 0.479 e. The molecule has 4 rings (SSSR count). The quantitative estimate of drug-likeness (QED) is 0.504. The number of hydrogen-bond donors (Lipinski definition) is 2. The molecular formula is C21H15IN2O4S. The Labute approximate surface area is 184 Å². The number of benzene rings is 2. The number of fused-ring (bicyclic) bond motifs is 1. The van der Waals surface area contributed by atoms with Gasteiger partial charge in [0.2, 0.25) is 0 Å². The van der Waals surface area contributed by atoms with Crippen LogP contribution in [0.5, 0.6) is 0 Å². The first-order valence-electron chi connectivity index (χ1n) is 8.70. The van der Waals surface area contributed by atoms with Crippen LogP contribution in [0.25, 0.3) is 0 Å². The van der Waals surface area contributed by atoms with E-state index < -0.39 is 29.9 Å². The zero-order valence-electron chi connectivity index (χ0n) is 14.9. The van der Waals surface area contributed by atoms with Crippen molar-refractivity contribution < 1.29 is 19.5 Å². The second-order valence-electron chi connectivity index (χ2n) is 6.50. The Hall–Kier alpha value is -2.72. The van der Waals surface area contributed by atoms with Gasteiger partial charge in [-0.25, -0.2) is 4.79 Å². The number of nitrogens with zero attached hydrogens (tertiary/aromatic N) is 1. The van der Waals surface area contributed by atoms with E-state index in [1.807, 2.05) is 0 Å². The second kappa shape index (κ2) is 7.96. The van der Waals surface area contributed by atoms with Crippen molar-refractivity contribution in [1.82, 2.24) is 4.90 Å². The summed E-state index contributed by atoms with van der Waals surface area (Å²) in [6, 6.07) is 13.0. The Morgan fingerprint density at radius 3 is 2.55 bits per heavy atom. The van der Waals surface area contributed by atoms with E-state index in [1.54, 1.807) is 65.4 Å². The highest BCUT2D eigenvalue weighted by molar-refractivity contribution is 14.1. The molecule has 0 radical (unpaired) electrons. The number of thiophene rings is 1. The smallest absolute Gasteiger partial charge is 0.331 e. The zero-order chi connectivity index (χ0) is 20.5. The van der Waals surface area contributed by atoms with E-state index in [1.165, 1.54) is 16.2 Å². The van der Waals surface area contributed by atoms with Crippen molar-refractivity contribution in [1.29, 1.82) is 0 Å². The van der Waals surface area contributed by atoms with Crippen LogP contribution >= 0.6 is 33.9 Å². The average Bonchev–Trinajstić information content (AvgIpc) is 3.20. The summed E-state index contributed by atoms with van der Waals surface area (Å²) in [5.74, 6) is -2.16. The summed E-state index contributed by atoms with van der Waals surface area (Å²) < 4.78 is 0.810. The molecule has 2 N–H and O–H groups in total. The third-order valence-corrected chi connectivity index (χ3v) is 6.09. The minimum absolute atomic E-state index is 0.269. The molecule has 1 aliphatic heterocycles. The Balaban J connectivity index is 1.95. The summed E-state index contributed by atoms with van der Waals surface area (Å²) in [7, 11) is 0. The summed E-state index contributed by atoms with van der Waals surface area (Å²) >= 11 is 3.46. The molecular weight excluding hydrogens is 503 g/mol. The van der Waals surface area contributed by atoms with E-state index in [2.05, 4.69) is 27.9 Å². The predicted octanol–water partition coefficient (Wildman–Crippen LogP) is 4.31. The monoisotopic (exact) mass is 518 g/mol. The minimum atomic E-state index is -1.32. The van der Waals surface area contributed by atoms with Gasteiger partial charge in [0.15, 0.2) is 6.04 Å². The summed E-state index contributed by atoms with van der Waals surface area (Å²) in [4.78, 5) is 40.3. The van der Waals surface area contributed by atoms with Gasteiger partial charge < -0.3 is 15.3 Å². The fraction of sp³-hybridized carbons (Fsp3) is 0.0952. The second-order valence-corrected chi connectivity index (χ2v) is 8.53. The lowest BCUT2D eigenvalue weighted by Gasteiger charge is -2.33.